The van der Waals surface area contributed by atoms with E-state index in [9.17, 15) is 4.79 Å². The molecule has 0 aliphatic carbocycles. The van der Waals surface area contributed by atoms with E-state index in [-0.39, 0.29) is 24.8 Å². The van der Waals surface area contributed by atoms with Crippen LogP contribution in [0.3, 0.4) is 0 Å². The molecule has 0 rings (SSSR count). The van der Waals surface area contributed by atoms with Crippen molar-refractivity contribution in [3.8, 4) is 0 Å². The lowest BCUT2D eigenvalue weighted by molar-refractivity contribution is -0.141. The van der Waals surface area contributed by atoms with Crippen molar-refractivity contribution in [1.82, 2.24) is 0 Å². The number of halogens is 1. The third-order valence-corrected chi connectivity index (χ3v) is 0.841. The lowest BCUT2D eigenvalue weighted by Gasteiger charge is -1.95. The lowest BCUT2D eigenvalue weighted by Crippen LogP contribution is -2.03. The number of hydrogen-bond donors (Lipinski definition) is 0. The second-order valence-corrected chi connectivity index (χ2v) is 1.71. The van der Waals surface area contributed by atoms with Crippen molar-refractivity contribution < 1.29 is 14.4 Å². The first-order valence-corrected chi connectivity index (χ1v) is 3.60. The number of oxime groups is 1. The van der Waals surface area contributed by atoms with Crippen LogP contribution in [0.2, 0.25) is 0 Å². The fourth-order valence-corrected chi connectivity index (χ4v) is 0.459. The molecule has 0 aromatic heterocycles. The zero-order chi connectivity index (χ0) is 8.53. The predicted octanol–water partition coefficient (Wildman–Crippen LogP) is 1.38. The van der Waals surface area contributed by atoms with Gasteiger partial charge in [-0.15, -0.1) is 12.4 Å². The molecule has 72 valence electrons. The zero-order valence-electron chi connectivity index (χ0n) is 7.28. The molecule has 0 aliphatic rings. The maximum atomic E-state index is 10.6. The average molecular weight is 196 g/mol. The molecule has 0 spiro atoms. The molecule has 0 aliphatic heterocycles. The van der Waals surface area contributed by atoms with Crippen molar-refractivity contribution in [2.45, 2.75) is 20.3 Å². The van der Waals surface area contributed by atoms with E-state index in [1.54, 1.807) is 6.92 Å². The Bertz CT molecular complexity index is 139. The largest absolute Gasteiger partial charge is 0.466 e. The van der Waals surface area contributed by atoms with Gasteiger partial charge in [-0.1, -0.05) is 5.16 Å². The first kappa shape index (κ1) is 13.8. The maximum Gasteiger partial charge on any atom is 0.311 e. The van der Waals surface area contributed by atoms with E-state index in [4.69, 9.17) is 0 Å². The maximum absolute atomic E-state index is 10.6. The second-order valence-electron chi connectivity index (χ2n) is 1.71. The van der Waals surface area contributed by atoms with Gasteiger partial charge in [0, 0.05) is 0 Å². The normalized spacial score (nSPS) is 9.17. The number of rotatable bonds is 5. The van der Waals surface area contributed by atoms with Crippen LogP contribution in [-0.2, 0) is 14.4 Å². The molecule has 0 aromatic rings. The predicted molar refractivity (Wildman–Crippen MR) is 48.6 cm³/mol. The number of esters is 1. The van der Waals surface area contributed by atoms with Crippen LogP contribution in [0.4, 0.5) is 0 Å². The van der Waals surface area contributed by atoms with Gasteiger partial charge in [0.05, 0.1) is 19.2 Å². The van der Waals surface area contributed by atoms with Crippen LogP contribution in [-0.4, -0.2) is 25.4 Å². The molecule has 0 N–H and O–H groups in total. The van der Waals surface area contributed by atoms with Gasteiger partial charge in [-0.25, -0.2) is 0 Å². The third-order valence-electron chi connectivity index (χ3n) is 0.841. The van der Waals surface area contributed by atoms with Crippen LogP contribution >= 0.6 is 12.4 Å². The summed E-state index contributed by atoms with van der Waals surface area (Å²) in [6.45, 7) is 4.50. The fourth-order valence-electron chi connectivity index (χ4n) is 0.459. The Morgan fingerprint density at radius 2 is 2.08 bits per heavy atom. The van der Waals surface area contributed by atoms with Gasteiger partial charge in [0.2, 0.25) is 0 Å². The molecular formula is C7H14ClNO3. The van der Waals surface area contributed by atoms with Gasteiger partial charge in [-0.3, -0.25) is 4.79 Å². The highest BCUT2D eigenvalue weighted by Gasteiger charge is 1.96. The summed E-state index contributed by atoms with van der Waals surface area (Å²) in [5, 5.41) is 3.49. The number of hydrogen-bond acceptors (Lipinski definition) is 4. The van der Waals surface area contributed by atoms with Crippen LogP contribution in [0.15, 0.2) is 5.16 Å². The van der Waals surface area contributed by atoms with Crippen molar-refractivity contribution in [2.24, 2.45) is 5.16 Å². The molecule has 0 amide bonds. The molecule has 0 saturated carbocycles. The van der Waals surface area contributed by atoms with E-state index in [2.05, 4.69) is 14.7 Å². The van der Waals surface area contributed by atoms with Crippen molar-refractivity contribution in [2.75, 3.05) is 13.2 Å². The molecular weight excluding hydrogens is 182 g/mol. The number of carbonyl (C=O) groups excluding carboxylic acids is 1. The summed E-state index contributed by atoms with van der Waals surface area (Å²) in [5.74, 6) is -0.282. The minimum absolute atomic E-state index is 0. The average Bonchev–Trinajstić information content (AvgIpc) is 1.99. The molecule has 0 atom stereocenters. The summed E-state index contributed by atoms with van der Waals surface area (Å²) in [4.78, 5) is 15.3. The van der Waals surface area contributed by atoms with Gasteiger partial charge in [0.15, 0.2) is 0 Å². The molecule has 0 unspecified atom stereocenters. The zero-order valence-corrected chi connectivity index (χ0v) is 8.10. The molecule has 0 aromatic carbocycles. The van der Waals surface area contributed by atoms with E-state index in [1.165, 1.54) is 6.21 Å². The Balaban J connectivity index is 0. The van der Waals surface area contributed by atoms with Gasteiger partial charge in [0.1, 0.15) is 6.61 Å². The van der Waals surface area contributed by atoms with Crippen molar-refractivity contribution in [1.29, 1.82) is 0 Å². The molecule has 0 radical (unpaired) electrons. The van der Waals surface area contributed by atoms with Gasteiger partial charge in [-0.05, 0) is 13.8 Å². The quantitative estimate of drug-likeness (QED) is 0.378. The highest BCUT2D eigenvalue weighted by atomic mass is 35.5. The van der Waals surface area contributed by atoms with Crippen molar-refractivity contribution in [3.63, 3.8) is 0 Å². The van der Waals surface area contributed by atoms with Gasteiger partial charge < -0.3 is 9.57 Å². The first-order valence-electron chi connectivity index (χ1n) is 3.60. The van der Waals surface area contributed by atoms with E-state index < -0.39 is 0 Å². The molecule has 0 bridgehead atoms. The Kier molecular flexibility index (Phi) is 11.8. The van der Waals surface area contributed by atoms with E-state index in [0.717, 1.165) is 0 Å². The van der Waals surface area contributed by atoms with Crippen molar-refractivity contribution in [3.05, 3.63) is 0 Å². The van der Waals surface area contributed by atoms with Crippen molar-refractivity contribution >= 4 is 24.6 Å². The summed E-state index contributed by atoms with van der Waals surface area (Å²) >= 11 is 0. The lowest BCUT2D eigenvalue weighted by atomic mass is 10.5. The van der Waals surface area contributed by atoms with Crippen LogP contribution in [0.25, 0.3) is 0 Å². The molecule has 0 fully saturated rings. The van der Waals surface area contributed by atoms with Crippen LogP contribution in [0.1, 0.15) is 20.3 Å². The van der Waals surface area contributed by atoms with Crippen LogP contribution in [0.5, 0.6) is 0 Å². The Hall–Kier alpha value is -0.770. The standard InChI is InChI=1S/C7H13NO3.ClH/c1-3-10-7(9)5-6-8-11-4-2;/h6H,3-5H2,1-2H3;1H/b8-6+;. The summed E-state index contributed by atoms with van der Waals surface area (Å²) in [6.07, 6.45) is 1.56. The van der Waals surface area contributed by atoms with E-state index in [0.29, 0.717) is 13.2 Å². The summed E-state index contributed by atoms with van der Waals surface area (Å²) in [7, 11) is 0. The molecule has 0 saturated heterocycles. The molecule has 4 nitrogen and oxygen atoms in total. The topological polar surface area (TPSA) is 47.9 Å². The Morgan fingerprint density at radius 1 is 1.42 bits per heavy atom. The van der Waals surface area contributed by atoms with Gasteiger partial charge in [-0.2, -0.15) is 0 Å². The van der Waals surface area contributed by atoms with Gasteiger partial charge in [0.25, 0.3) is 0 Å². The minimum atomic E-state index is -0.282. The highest BCUT2D eigenvalue weighted by Crippen LogP contribution is 1.83. The number of nitrogens with zero attached hydrogens (tertiary/aromatic N) is 1. The molecule has 5 heteroatoms. The Morgan fingerprint density at radius 3 is 2.58 bits per heavy atom. The third kappa shape index (κ3) is 9.23. The minimum Gasteiger partial charge on any atom is -0.466 e. The number of carbonyl (C=O) groups is 1. The fraction of sp³-hybridized carbons (Fsp3) is 0.714. The Labute approximate surface area is 78.3 Å². The number of ether oxygens (including phenoxy) is 1. The summed E-state index contributed by atoms with van der Waals surface area (Å²) in [5.41, 5.74) is 0. The van der Waals surface area contributed by atoms with E-state index >= 15 is 0 Å². The monoisotopic (exact) mass is 195 g/mol. The summed E-state index contributed by atoms with van der Waals surface area (Å²) < 4.78 is 4.64. The smallest absolute Gasteiger partial charge is 0.311 e. The second kappa shape index (κ2) is 10.2. The SMILES string of the molecule is CCO/N=C/CC(=O)OCC.Cl. The van der Waals surface area contributed by atoms with Crippen LogP contribution < -0.4 is 0 Å². The van der Waals surface area contributed by atoms with Gasteiger partial charge >= 0.3 is 5.97 Å². The highest BCUT2D eigenvalue weighted by molar-refractivity contribution is 5.85. The molecule has 0 heterocycles. The van der Waals surface area contributed by atoms with Crippen LogP contribution in [0, 0.1) is 0 Å². The summed E-state index contributed by atoms with van der Waals surface area (Å²) in [6, 6.07) is 0. The molecule has 12 heavy (non-hydrogen) atoms. The van der Waals surface area contributed by atoms with E-state index in [1.807, 2.05) is 6.92 Å². The first-order chi connectivity index (χ1) is 5.31.